The SMILES string of the molecule is O=C(Nc1ccccc1Cl)c1ccc(Oc2nccs2)cc1. The average Bonchev–Trinajstić information content (AvgIpc) is 3.03. The van der Waals surface area contributed by atoms with Crippen molar-refractivity contribution < 1.29 is 9.53 Å². The molecule has 0 saturated carbocycles. The molecule has 0 aliphatic heterocycles. The van der Waals surface area contributed by atoms with E-state index in [4.69, 9.17) is 16.3 Å². The van der Waals surface area contributed by atoms with Gasteiger partial charge in [0.2, 0.25) is 0 Å². The first kappa shape index (κ1) is 14.6. The van der Waals surface area contributed by atoms with Crippen molar-refractivity contribution in [2.45, 2.75) is 0 Å². The van der Waals surface area contributed by atoms with E-state index < -0.39 is 0 Å². The van der Waals surface area contributed by atoms with E-state index in [0.717, 1.165) is 0 Å². The van der Waals surface area contributed by atoms with Crippen LogP contribution in [0.25, 0.3) is 0 Å². The predicted octanol–water partition coefficient (Wildman–Crippen LogP) is 4.84. The lowest BCUT2D eigenvalue weighted by Crippen LogP contribution is -2.11. The summed E-state index contributed by atoms with van der Waals surface area (Å²) in [5.41, 5.74) is 1.10. The Morgan fingerprint density at radius 3 is 2.59 bits per heavy atom. The van der Waals surface area contributed by atoms with E-state index in [0.29, 0.717) is 27.2 Å². The molecule has 1 aromatic heterocycles. The van der Waals surface area contributed by atoms with Crippen LogP contribution in [0.5, 0.6) is 10.9 Å². The van der Waals surface area contributed by atoms with Gasteiger partial charge in [-0.05, 0) is 36.4 Å². The number of thiazole rings is 1. The average molecular weight is 331 g/mol. The maximum absolute atomic E-state index is 12.2. The summed E-state index contributed by atoms with van der Waals surface area (Å²) >= 11 is 7.42. The van der Waals surface area contributed by atoms with Crippen molar-refractivity contribution in [2.75, 3.05) is 5.32 Å². The highest BCUT2D eigenvalue weighted by atomic mass is 35.5. The van der Waals surface area contributed by atoms with Crippen LogP contribution in [0.2, 0.25) is 5.02 Å². The van der Waals surface area contributed by atoms with Crippen LogP contribution in [0.3, 0.4) is 0 Å². The molecule has 3 aromatic rings. The van der Waals surface area contributed by atoms with Crippen LogP contribution in [0.1, 0.15) is 10.4 Å². The minimum Gasteiger partial charge on any atom is -0.431 e. The van der Waals surface area contributed by atoms with E-state index in [1.807, 2.05) is 17.5 Å². The van der Waals surface area contributed by atoms with Gasteiger partial charge in [-0.2, -0.15) is 0 Å². The Labute approximate surface area is 136 Å². The number of para-hydroxylation sites is 1. The molecular formula is C16H11ClN2O2S. The predicted molar refractivity (Wildman–Crippen MR) is 88.0 cm³/mol. The van der Waals surface area contributed by atoms with Crippen LogP contribution in [0.4, 0.5) is 5.69 Å². The van der Waals surface area contributed by atoms with Gasteiger partial charge in [-0.3, -0.25) is 4.79 Å². The monoisotopic (exact) mass is 330 g/mol. The van der Waals surface area contributed by atoms with Gasteiger partial charge in [0, 0.05) is 17.1 Å². The van der Waals surface area contributed by atoms with Crippen LogP contribution < -0.4 is 10.1 Å². The number of rotatable bonds is 4. The van der Waals surface area contributed by atoms with Crippen LogP contribution >= 0.6 is 22.9 Å². The maximum atomic E-state index is 12.2. The molecule has 110 valence electrons. The number of benzene rings is 2. The lowest BCUT2D eigenvalue weighted by atomic mass is 10.2. The number of nitrogens with zero attached hydrogens (tertiary/aromatic N) is 1. The Bertz CT molecular complexity index is 773. The second-order valence-electron chi connectivity index (χ2n) is 4.36. The molecule has 22 heavy (non-hydrogen) atoms. The lowest BCUT2D eigenvalue weighted by Gasteiger charge is -2.07. The third-order valence-corrected chi connectivity index (χ3v) is 3.83. The van der Waals surface area contributed by atoms with Crippen molar-refractivity contribution in [1.82, 2.24) is 4.98 Å². The lowest BCUT2D eigenvalue weighted by molar-refractivity contribution is 0.102. The van der Waals surface area contributed by atoms with Gasteiger partial charge in [-0.25, -0.2) is 4.98 Å². The number of hydrogen-bond donors (Lipinski definition) is 1. The smallest absolute Gasteiger partial charge is 0.278 e. The van der Waals surface area contributed by atoms with Crippen molar-refractivity contribution in [1.29, 1.82) is 0 Å². The van der Waals surface area contributed by atoms with Gasteiger partial charge in [0.15, 0.2) is 0 Å². The molecule has 1 heterocycles. The Hall–Kier alpha value is -2.37. The van der Waals surface area contributed by atoms with Crippen LogP contribution in [-0.4, -0.2) is 10.9 Å². The second-order valence-corrected chi connectivity index (χ2v) is 5.62. The van der Waals surface area contributed by atoms with E-state index >= 15 is 0 Å². The summed E-state index contributed by atoms with van der Waals surface area (Å²) in [6, 6.07) is 13.9. The highest BCUT2D eigenvalue weighted by molar-refractivity contribution is 7.11. The number of carbonyl (C=O) groups excluding carboxylic acids is 1. The van der Waals surface area contributed by atoms with Crippen molar-refractivity contribution >= 4 is 34.5 Å². The van der Waals surface area contributed by atoms with Crippen LogP contribution in [0, 0.1) is 0 Å². The molecule has 1 N–H and O–H groups in total. The number of hydrogen-bond acceptors (Lipinski definition) is 4. The van der Waals surface area contributed by atoms with Crippen LogP contribution in [0.15, 0.2) is 60.1 Å². The Balaban J connectivity index is 1.70. The summed E-state index contributed by atoms with van der Waals surface area (Å²) in [6.07, 6.45) is 1.67. The van der Waals surface area contributed by atoms with Crippen molar-refractivity contribution in [3.63, 3.8) is 0 Å². The molecule has 0 unspecified atom stereocenters. The van der Waals surface area contributed by atoms with Gasteiger partial charge < -0.3 is 10.1 Å². The fourth-order valence-electron chi connectivity index (χ4n) is 1.79. The number of anilines is 1. The molecule has 0 aliphatic carbocycles. The molecule has 0 fully saturated rings. The molecule has 1 amide bonds. The topological polar surface area (TPSA) is 51.2 Å². The fourth-order valence-corrected chi connectivity index (χ4v) is 2.48. The Kier molecular flexibility index (Phi) is 4.37. The van der Waals surface area contributed by atoms with Crippen molar-refractivity contribution in [3.8, 4) is 10.9 Å². The number of aromatic nitrogens is 1. The van der Waals surface area contributed by atoms with Crippen molar-refractivity contribution in [3.05, 3.63) is 70.7 Å². The third kappa shape index (κ3) is 3.44. The summed E-state index contributed by atoms with van der Waals surface area (Å²) < 4.78 is 5.55. The van der Waals surface area contributed by atoms with Crippen LogP contribution in [-0.2, 0) is 0 Å². The van der Waals surface area contributed by atoms with Gasteiger partial charge in [-0.1, -0.05) is 35.1 Å². The first-order valence-electron chi connectivity index (χ1n) is 6.46. The summed E-state index contributed by atoms with van der Waals surface area (Å²) in [6.45, 7) is 0. The molecule has 0 bridgehead atoms. The Morgan fingerprint density at radius 2 is 1.91 bits per heavy atom. The summed E-state index contributed by atoms with van der Waals surface area (Å²) in [5.74, 6) is 0.401. The zero-order valence-corrected chi connectivity index (χ0v) is 12.9. The van der Waals surface area contributed by atoms with E-state index in [2.05, 4.69) is 10.3 Å². The number of ether oxygens (including phenoxy) is 1. The number of halogens is 1. The quantitative estimate of drug-likeness (QED) is 0.744. The molecular weight excluding hydrogens is 320 g/mol. The number of nitrogens with one attached hydrogen (secondary N) is 1. The molecule has 0 atom stereocenters. The highest BCUT2D eigenvalue weighted by Gasteiger charge is 2.08. The number of carbonyl (C=O) groups is 1. The highest BCUT2D eigenvalue weighted by Crippen LogP contribution is 2.24. The molecule has 0 saturated heterocycles. The van der Waals surface area contributed by atoms with Gasteiger partial charge in [-0.15, -0.1) is 0 Å². The minimum absolute atomic E-state index is 0.228. The van der Waals surface area contributed by atoms with Gasteiger partial charge in [0.25, 0.3) is 11.1 Å². The molecule has 2 aromatic carbocycles. The first-order chi connectivity index (χ1) is 10.7. The zero-order valence-electron chi connectivity index (χ0n) is 11.3. The molecule has 0 radical (unpaired) electrons. The number of amides is 1. The van der Waals surface area contributed by atoms with E-state index in [9.17, 15) is 4.79 Å². The zero-order chi connectivity index (χ0) is 15.4. The van der Waals surface area contributed by atoms with Gasteiger partial charge >= 0.3 is 0 Å². The Morgan fingerprint density at radius 1 is 1.14 bits per heavy atom. The molecule has 0 spiro atoms. The van der Waals surface area contributed by atoms with E-state index in [1.54, 1.807) is 42.6 Å². The van der Waals surface area contributed by atoms with E-state index in [-0.39, 0.29) is 5.91 Å². The van der Waals surface area contributed by atoms with Gasteiger partial charge in [0.05, 0.1) is 10.7 Å². The second kappa shape index (κ2) is 6.60. The first-order valence-corrected chi connectivity index (χ1v) is 7.71. The van der Waals surface area contributed by atoms with Crippen molar-refractivity contribution in [2.24, 2.45) is 0 Å². The summed E-state index contributed by atoms with van der Waals surface area (Å²) in [7, 11) is 0. The molecule has 6 heteroatoms. The summed E-state index contributed by atoms with van der Waals surface area (Å²) in [4.78, 5) is 16.2. The molecule has 4 nitrogen and oxygen atoms in total. The van der Waals surface area contributed by atoms with E-state index in [1.165, 1.54) is 11.3 Å². The summed E-state index contributed by atoms with van der Waals surface area (Å²) in [5, 5.41) is 5.67. The maximum Gasteiger partial charge on any atom is 0.278 e. The minimum atomic E-state index is -0.228. The van der Waals surface area contributed by atoms with Gasteiger partial charge in [0.1, 0.15) is 5.75 Å². The normalized spacial score (nSPS) is 10.2. The largest absolute Gasteiger partial charge is 0.431 e. The molecule has 3 rings (SSSR count). The molecule has 0 aliphatic rings. The standard InChI is InChI=1S/C16H11ClN2O2S/c17-13-3-1-2-4-14(13)19-15(20)11-5-7-12(8-6-11)21-16-18-9-10-22-16/h1-10H,(H,19,20). The third-order valence-electron chi connectivity index (χ3n) is 2.85. The fraction of sp³-hybridized carbons (Fsp3) is 0.